The summed E-state index contributed by atoms with van der Waals surface area (Å²) in [6.07, 6.45) is 0. The average Bonchev–Trinajstić information content (AvgIpc) is 2.68. The number of hydrogen-bond donors (Lipinski definition) is 2. The van der Waals surface area contributed by atoms with Gasteiger partial charge in [-0.05, 0) is 0 Å². The van der Waals surface area contributed by atoms with Gasteiger partial charge in [0.25, 0.3) is 0 Å². The second-order valence-corrected chi connectivity index (χ2v) is 3.63. The molecule has 2 aliphatic rings. The summed E-state index contributed by atoms with van der Waals surface area (Å²) in [4.78, 5) is 14.5. The molecule has 1 unspecified atom stereocenters. The molecular formula is C6H8N2O2S. The Morgan fingerprint density at radius 3 is 3.00 bits per heavy atom. The first kappa shape index (κ1) is 7.12. The van der Waals surface area contributed by atoms with Gasteiger partial charge in [-0.2, -0.15) is 0 Å². The molecule has 0 amide bonds. The first-order valence-electron chi connectivity index (χ1n) is 3.44. The van der Waals surface area contributed by atoms with Crippen LogP contribution < -0.4 is 5.32 Å². The van der Waals surface area contributed by atoms with Crippen LogP contribution in [0.1, 0.15) is 0 Å². The van der Waals surface area contributed by atoms with Gasteiger partial charge in [-0.25, -0.2) is 4.79 Å². The fraction of sp³-hybridized carbons (Fsp3) is 0.667. The summed E-state index contributed by atoms with van der Waals surface area (Å²) in [5.74, 6) is -0.212. The summed E-state index contributed by atoms with van der Waals surface area (Å²) in [5, 5.41) is 12.7. The van der Waals surface area contributed by atoms with E-state index in [-0.39, 0.29) is 0 Å². The number of nitrogens with one attached hydrogen (secondary N) is 1. The molecule has 0 saturated carbocycles. The van der Waals surface area contributed by atoms with Gasteiger partial charge in [-0.3, -0.25) is 4.99 Å². The molecule has 60 valence electrons. The Balaban J connectivity index is 2.03. The van der Waals surface area contributed by atoms with Crippen molar-refractivity contribution in [2.75, 3.05) is 12.3 Å². The van der Waals surface area contributed by atoms with Crippen LogP contribution in [0.3, 0.4) is 0 Å². The van der Waals surface area contributed by atoms with Gasteiger partial charge in [0.05, 0.1) is 11.1 Å². The summed E-state index contributed by atoms with van der Waals surface area (Å²) in [6.45, 7) is 0.957. The molecule has 1 fully saturated rings. The maximum atomic E-state index is 10.4. The van der Waals surface area contributed by atoms with Gasteiger partial charge < -0.3 is 10.4 Å². The standard InChI is InChI=1S/C6H8N2O2S/c9-6(10)4-2-11-5(8-4)3-1-7-3/h3-4,7H,1-2H2,(H,9,10)/t3?,4-/m0/s1. The number of carbonyl (C=O) groups is 1. The van der Waals surface area contributed by atoms with E-state index in [0.717, 1.165) is 11.6 Å². The summed E-state index contributed by atoms with van der Waals surface area (Å²) < 4.78 is 0. The van der Waals surface area contributed by atoms with Crippen LogP contribution in [-0.2, 0) is 4.79 Å². The first-order valence-corrected chi connectivity index (χ1v) is 4.42. The lowest BCUT2D eigenvalue weighted by molar-refractivity contribution is -0.137. The number of aliphatic carboxylic acids is 1. The van der Waals surface area contributed by atoms with E-state index in [1.54, 1.807) is 11.8 Å². The Labute approximate surface area is 68.1 Å². The molecule has 5 heteroatoms. The Morgan fingerprint density at radius 1 is 1.82 bits per heavy atom. The van der Waals surface area contributed by atoms with Crippen LogP contribution in [0.4, 0.5) is 0 Å². The van der Waals surface area contributed by atoms with E-state index in [9.17, 15) is 4.79 Å². The van der Waals surface area contributed by atoms with Gasteiger partial charge in [-0.1, -0.05) is 0 Å². The highest BCUT2D eigenvalue weighted by Crippen LogP contribution is 2.23. The van der Waals surface area contributed by atoms with Crippen LogP contribution in [0.5, 0.6) is 0 Å². The number of carboxylic acid groups (broad SMARTS) is 1. The zero-order valence-corrected chi connectivity index (χ0v) is 6.60. The molecule has 2 aliphatic heterocycles. The van der Waals surface area contributed by atoms with Crippen molar-refractivity contribution in [1.82, 2.24) is 5.32 Å². The van der Waals surface area contributed by atoms with Gasteiger partial charge >= 0.3 is 5.97 Å². The molecule has 0 bridgehead atoms. The van der Waals surface area contributed by atoms with Gasteiger partial charge in [-0.15, -0.1) is 11.8 Å². The van der Waals surface area contributed by atoms with Crippen LogP contribution >= 0.6 is 11.8 Å². The van der Waals surface area contributed by atoms with Crippen molar-refractivity contribution in [1.29, 1.82) is 0 Å². The zero-order valence-electron chi connectivity index (χ0n) is 5.78. The highest BCUT2D eigenvalue weighted by Gasteiger charge is 2.33. The third-order valence-electron chi connectivity index (χ3n) is 1.66. The summed E-state index contributed by atoms with van der Waals surface area (Å²) in [5.41, 5.74) is 0. The highest BCUT2D eigenvalue weighted by atomic mass is 32.2. The van der Waals surface area contributed by atoms with Gasteiger partial charge in [0.1, 0.15) is 0 Å². The van der Waals surface area contributed by atoms with Crippen molar-refractivity contribution in [2.45, 2.75) is 12.1 Å². The second kappa shape index (κ2) is 2.49. The van der Waals surface area contributed by atoms with Crippen LogP contribution in [0, 0.1) is 0 Å². The van der Waals surface area contributed by atoms with E-state index >= 15 is 0 Å². The number of carboxylic acids is 1. The van der Waals surface area contributed by atoms with Crippen molar-refractivity contribution in [3.63, 3.8) is 0 Å². The molecule has 11 heavy (non-hydrogen) atoms. The minimum atomic E-state index is -0.812. The second-order valence-electron chi connectivity index (χ2n) is 2.59. The van der Waals surface area contributed by atoms with Crippen LogP contribution in [0.2, 0.25) is 0 Å². The number of aliphatic imine (C=N–C) groups is 1. The maximum Gasteiger partial charge on any atom is 0.329 e. The fourth-order valence-corrected chi connectivity index (χ4v) is 2.06. The third kappa shape index (κ3) is 1.39. The van der Waals surface area contributed by atoms with Crippen molar-refractivity contribution < 1.29 is 9.90 Å². The Hall–Kier alpha value is -0.550. The monoisotopic (exact) mass is 172 g/mol. The van der Waals surface area contributed by atoms with Crippen LogP contribution in [0.25, 0.3) is 0 Å². The van der Waals surface area contributed by atoms with E-state index in [2.05, 4.69) is 10.3 Å². The quantitative estimate of drug-likeness (QED) is 0.554. The molecule has 0 spiro atoms. The number of hydrogen-bond acceptors (Lipinski definition) is 4. The zero-order chi connectivity index (χ0) is 7.84. The van der Waals surface area contributed by atoms with Crippen molar-refractivity contribution in [3.8, 4) is 0 Å². The van der Waals surface area contributed by atoms with Gasteiger partial charge in [0.15, 0.2) is 6.04 Å². The van der Waals surface area contributed by atoms with Crippen molar-refractivity contribution >= 4 is 22.8 Å². The molecule has 2 rings (SSSR count). The van der Waals surface area contributed by atoms with Crippen LogP contribution in [-0.4, -0.2) is 40.5 Å². The van der Waals surface area contributed by atoms with Crippen LogP contribution in [0.15, 0.2) is 4.99 Å². The van der Waals surface area contributed by atoms with E-state index in [1.165, 1.54) is 0 Å². The predicted molar refractivity (Wildman–Crippen MR) is 43.1 cm³/mol. The molecular weight excluding hydrogens is 164 g/mol. The van der Waals surface area contributed by atoms with Crippen molar-refractivity contribution in [2.24, 2.45) is 4.99 Å². The Kier molecular flexibility index (Phi) is 1.61. The highest BCUT2D eigenvalue weighted by molar-refractivity contribution is 8.14. The number of thioether (sulfide) groups is 1. The molecule has 4 nitrogen and oxygen atoms in total. The fourth-order valence-electron chi connectivity index (χ4n) is 0.943. The predicted octanol–water partition coefficient (Wildman–Crippen LogP) is -0.443. The lowest BCUT2D eigenvalue weighted by Crippen LogP contribution is -2.17. The number of rotatable bonds is 2. The lowest BCUT2D eigenvalue weighted by Gasteiger charge is -1.93. The molecule has 0 aliphatic carbocycles. The Bertz CT molecular complexity index is 225. The van der Waals surface area contributed by atoms with E-state index < -0.39 is 12.0 Å². The molecule has 0 radical (unpaired) electrons. The molecule has 0 aromatic heterocycles. The molecule has 1 saturated heterocycles. The molecule has 2 heterocycles. The maximum absolute atomic E-state index is 10.4. The average molecular weight is 172 g/mol. The number of nitrogens with zero attached hydrogens (tertiary/aromatic N) is 1. The van der Waals surface area contributed by atoms with E-state index in [1.807, 2.05) is 0 Å². The van der Waals surface area contributed by atoms with Gasteiger partial charge in [0, 0.05) is 12.3 Å². The Morgan fingerprint density at radius 2 is 2.55 bits per heavy atom. The smallest absolute Gasteiger partial charge is 0.329 e. The molecule has 2 N–H and O–H groups in total. The van der Waals surface area contributed by atoms with E-state index in [4.69, 9.17) is 5.11 Å². The summed E-state index contributed by atoms with van der Waals surface area (Å²) in [6, 6.07) is -0.137. The molecule has 0 aromatic rings. The van der Waals surface area contributed by atoms with Gasteiger partial charge in [0.2, 0.25) is 0 Å². The topological polar surface area (TPSA) is 71.6 Å². The normalized spacial score (nSPS) is 35.1. The third-order valence-corrected chi connectivity index (χ3v) is 2.83. The summed E-state index contributed by atoms with van der Waals surface area (Å²) >= 11 is 1.56. The largest absolute Gasteiger partial charge is 0.480 e. The SMILES string of the molecule is O=C(O)[C@@H]1CSC(C2CN2)=N1. The minimum Gasteiger partial charge on any atom is -0.480 e. The molecule has 0 aromatic carbocycles. The minimum absolute atomic E-state index is 0.365. The lowest BCUT2D eigenvalue weighted by atomic mass is 10.3. The van der Waals surface area contributed by atoms with E-state index in [0.29, 0.717) is 11.8 Å². The summed E-state index contributed by atoms with van der Waals surface area (Å²) in [7, 11) is 0. The first-order chi connectivity index (χ1) is 5.27. The van der Waals surface area contributed by atoms with Crippen molar-refractivity contribution in [3.05, 3.63) is 0 Å². The molecule has 2 atom stereocenters.